The van der Waals surface area contributed by atoms with E-state index in [0.29, 0.717) is 16.9 Å². The van der Waals surface area contributed by atoms with E-state index in [2.05, 4.69) is 15.6 Å². The first-order chi connectivity index (χ1) is 22.5. The van der Waals surface area contributed by atoms with Crippen LogP contribution in [0.15, 0.2) is 60.8 Å². The van der Waals surface area contributed by atoms with Gasteiger partial charge in [-0.05, 0) is 60.5 Å². The molecule has 2 aliphatic heterocycles. The standard InChI is InChI=1S/C32H24F3N5O7/c1-2-46-30(42)24-14-19-22(38-24)9-10-25-26(19)28(47-31(43)32(33,34)35)27(15-3-5-16(6-4-15)40(44)45)39(25)29(41)23-13-18-17-11-12-36-20(17)7-8-21(18)37-23/h3-12,23-24,36-38H,2,13-14H2,1H3. The Bertz CT molecular complexity index is 2140. The van der Waals surface area contributed by atoms with Gasteiger partial charge in [0, 0.05) is 64.4 Å². The first-order valence-electron chi connectivity index (χ1n) is 14.5. The summed E-state index contributed by atoms with van der Waals surface area (Å²) >= 11 is 0. The maximum atomic E-state index is 14.6. The number of carbonyl (C=O) groups is 3. The number of nitro benzene ring substituents is 1. The van der Waals surface area contributed by atoms with Crippen molar-refractivity contribution in [1.29, 1.82) is 0 Å². The summed E-state index contributed by atoms with van der Waals surface area (Å²) in [6.07, 6.45) is -3.44. The maximum absolute atomic E-state index is 14.6. The summed E-state index contributed by atoms with van der Waals surface area (Å²) < 4.78 is 52.5. The predicted molar refractivity (Wildman–Crippen MR) is 164 cm³/mol. The van der Waals surface area contributed by atoms with Gasteiger partial charge >= 0.3 is 18.1 Å². The van der Waals surface area contributed by atoms with E-state index >= 15 is 0 Å². The highest BCUT2D eigenvalue weighted by atomic mass is 19.4. The smallest absolute Gasteiger partial charge is 0.464 e. The molecule has 5 aromatic rings. The number of rotatable bonds is 6. The van der Waals surface area contributed by atoms with Gasteiger partial charge in [0.05, 0.1) is 22.7 Å². The largest absolute Gasteiger partial charge is 0.491 e. The van der Waals surface area contributed by atoms with Gasteiger partial charge in [-0.25, -0.2) is 9.59 Å². The van der Waals surface area contributed by atoms with Crippen LogP contribution in [-0.2, 0) is 27.2 Å². The van der Waals surface area contributed by atoms with Crippen molar-refractivity contribution in [2.24, 2.45) is 0 Å². The molecule has 0 saturated heterocycles. The fourth-order valence-corrected chi connectivity index (χ4v) is 6.37. The number of aromatic amines is 1. The van der Waals surface area contributed by atoms with Crippen LogP contribution in [0.25, 0.3) is 33.1 Å². The van der Waals surface area contributed by atoms with Gasteiger partial charge in [0.1, 0.15) is 12.1 Å². The van der Waals surface area contributed by atoms with Gasteiger partial charge in [-0.1, -0.05) is 0 Å². The number of non-ortho nitro benzene ring substituents is 1. The Morgan fingerprint density at radius 1 is 0.957 bits per heavy atom. The van der Waals surface area contributed by atoms with Crippen LogP contribution in [0.2, 0.25) is 0 Å². The number of benzene rings is 3. The number of ether oxygens (including phenoxy) is 2. The van der Waals surface area contributed by atoms with Crippen LogP contribution < -0.4 is 15.4 Å². The lowest BCUT2D eigenvalue weighted by molar-refractivity contribution is -0.384. The molecule has 0 radical (unpaired) electrons. The van der Waals surface area contributed by atoms with Gasteiger partial charge < -0.3 is 25.1 Å². The van der Waals surface area contributed by atoms with Crippen LogP contribution in [0.3, 0.4) is 0 Å². The molecule has 4 heterocycles. The zero-order valence-electron chi connectivity index (χ0n) is 24.4. The summed E-state index contributed by atoms with van der Waals surface area (Å²) in [5.74, 6) is -4.28. The van der Waals surface area contributed by atoms with Gasteiger partial charge in [-0.3, -0.25) is 19.5 Å². The first-order valence-corrected chi connectivity index (χ1v) is 14.5. The number of aromatic nitrogens is 2. The third-order valence-corrected chi connectivity index (χ3v) is 8.39. The lowest BCUT2D eigenvalue weighted by Gasteiger charge is -2.16. The average molecular weight is 648 g/mol. The number of hydrogen-bond acceptors (Lipinski definition) is 9. The number of esters is 2. The van der Waals surface area contributed by atoms with Crippen LogP contribution >= 0.6 is 0 Å². The second-order valence-corrected chi connectivity index (χ2v) is 11.1. The lowest BCUT2D eigenvalue weighted by atomic mass is 10.0. The molecule has 0 aliphatic carbocycles. The number of nitrogens with one attached hydrogen (secondary N) is 3. The zero-order valence-corrected chi connectivity index (χ0v) is 24.4. The summed E-state index contributed by atoms with van der Waals surface area (Å²) in [6, 6.07) is 11.6. The van der Waals surface area contributed by atoms with Crippen molar-refractivity contribution in [3.05, 3.63) is 82.0 Å². The quantitative estimate of drug-likeness (QED) is 0.119. The van der Waals surface area contributed by atoms with E-state index in [1.165, 1.54) is 22.8 Å². The molecule has 47 heavy (non-hydrogen) atoms. The SMILES string of the molecule is CCOC(=O)C1Cc2c(ccc3c2c(OC(=O)C(F)(F)F)c(-c2ccc([N+](=O)[O-])cc2)n3C(=O)C2Cc3c(ccc4[nH]ccc34)N2)N1. The van der Waals surface area contributed by atoms with E-state index in [4.69, 9.17) is 9.47 Å². The Balaban J connectivity index is 1.45. The van der Waals surface area contributed by atoms with Crippen LogP contribution in [0.4, 0.5) is 30.2 Å². The van der Waals surface area contributed by atoms with Crippen molar-refractivity contribution in [3.63, 3.8) is 0 Å². The highest BCUT2D eigenvalue weighted by molar-refractivity contribution is 6.10. The second kappa shape index (κ2) is 10.9. The van der Waals surface area contributed by atoms with Gasteiger partial charge in [0.15, 0.2) is 5.75 Å². The van der Waals surface area contributed by atoms with E-state index in [-0.39, 0.29) is 47.3 Å². The number of nitrogens with zero attached hydrogens (tertiary/aromatic N) is 2. The molecular formula is C32H24F3N5O7. The Kier molecular flexibility index (Phi) is 6.91. The third-order valence-electron chi connectivity index (χ3n) is 8.39. The third kappa shape index (κ3) is 4.90. The van der Waals surface area contributed by atoms with E-state index in [9.17, 15) is 37.7 Å². The summed E-state index contributed by atoms with van der Waals surface area (Å²) in [4.78, 5) is 53.5. The molecule has 3 aromatic carbocycles. The lowest BCUT2D eigenvalue weighted by Crippen LogP contribution is -2.32. The number of hydrogen-bond donors (Lipinski definition) is 3. The second-order valence-electron chi connectivity index (χ2n) is 11.1. The number of halogens is 3. The fourth-order valence-electron chi connectivity index (χ4n) is 6.37. The zero-order chi connectivity index (χ0) is 33.2. The van der Waals surface area contributed by atoms with Crippen molar-refractivity contribution in [2.75, 3.05) is 17.2 Å². The Morgan fingerprint density at radius 2 is 1.64 bits per heavy atom. The normalized spacial score (nSPS) is 16.8. The number of fused-ring (bicyclic) bond motifs is 6. The van der Waals surface area contributed by atoms with E-state index in [1.807, 2.05) is 18.2 Å². The molecule has 0 spiro atoms. The van der Waals surface area contributed by atoms with Crippen molar-refractivity contribution in [1.82, 2.24) is 9.55 Å². The van der Waals surface area contributed by atoms with Crippen molar-refractivity contribution >= 4 is 56.7 Å². The van der Waals surface area contributed by atoms with Crippen LogP contribution in [0.1, 0.15) is 22.8 Å². The minimum absolute atomic E-state index is 0.00429. The van der Waals surface area contributed by atoms with Crippen molar-refractivity contribution in [3.8, 4) is 17.0 Å². The van der Waals surface area contributed by atoms with Crippen molar-refractivity contribution < 1.29 is 42.0 Å². The molecule has 0 amide bonds. The number of H-pyrrole nitrogens is 1. The van der Waals surface area contributed by atoms with Crippen LogP contribution in [0.5, 0.6) is 5.75 Å². The minimum Gasteiger partial charge on any atom is -0.464 e. The molecule has 2 aromatic heterocycles. The van der Waals surface area contributed by atoms with Gasteiger partial charge in [0.25, 0.3) is 11.6 Å². The minimum atomic E-state index is -5.40. The summed E-state index contributed by atoms with van der Waals surface area (Å²) in [7, 11) is 0. The average Bonchev–Trinajstić information content (AvgIpc) is 3.83. The summed E-state index contributed by atoms with van der Waals surface area (Å²) in [5.41, 5.74) is 2.81. The Labute approximate surface area is 262 Å². The highest BCUT2D eigenvalue weighted by Crippen LogP contribution is 2.47. The fraction of sp³-hybridized carbons (Fsp3) is 0.219. The topological polar surface area (TPSA) is 158 Å². The molecule has 3 N–H and O–H groups in total. The van der Waals surface area contributed by atoms with Crippen LogP contribution in [0, 0.1) is 10.1 Å². The van der Waals surface area contributed by atoms with Gasteiger partial charge in [0.2, 0.25) is 0 Å². The molecule has 2 unspecified atom stereocenters. The van der Waals surface area contributed by atoms with E-state index < -0.39 is 46.8 Å². The molecule has 15 heteroatoms. The molecular weight excluding hydrogens is 623 g/mol. The molecule has 12 nitrogen and oxygen atoms in total. The number of alkyl halides is 3. The van der Waals surface area contributed by atoms with Gasteiger partial charge in [-0.15, -0.1) is 0 Å². The van der Waals surface area contributed by atoms with Crippen molar-refractivity contribution in [2.45, 2.75) is 38.0 Å². The number of carbonyl (C=O) groups excluding carboxylic acids is 3. The molecule has 240 valence electrons. The Morgan fingerprint density at radius 3 is 2.34 bits per heavy atom. The Hall–Kier alpha value is -5.86. The molecule has 0 saturated carbocycles. The molecule has 2 aliphatic rings. The maximum Gasteiger partial charge on any atom is 0.491 e. The number of anilines is 2. The molecule has 0 bridgehead atoms. The monoisotopic (exact) mass is 647 g/mol. The van der Waals surface area contributed by atoms with Gasteiger partial charge in [-0.2, -0.15) is 13.2 Å². The molecule has 2 atom stereocenters. The molecule has 0 fully saturated rings. The summed E-state index contributed by atoms with van der Waals surface area (Å²) in [5, 5.41) is 18.5. The van der Waals surface area contributed by atoms with E-state index in [1.54, 1.807) is 19.2 Å². The molecule has 7 rings (SSSR count). The number of nitro groups is 1. The first kappa shape index (κ1) is 29.8. The highest BCUT2D eigenvalue weighted by Gasteiger charge is 2.44. The predicted octanol–water partition coefficient (Wildman–Crippen LogP) is 5.74. The summed E-state index contributed by atoms with van der Waals surface area (Å²) in [6.45, 7) is 1.73. The van der Waals surface area contributed by atoms with Crippen LogP contribution in [-0.4, -0.2) is 57.2 Å². The van der Waals surface area contributed by atoms with E-state index in [0.717, 1.165) is 28.6 Å².